The summed E-state index contributed by atoms with van der Waals surface area (Å²) in [6.45, 7) is 6.45. The van der Waals surface area contributed by atoms with Crippen molar-refractivity contribution in [3.05, 3.63) is 0 Å². The molecule has 17 heavy (non-hydrogen) atoms. The van der Waals surface area contributed by atoms with E-state index in [2.05, 4.69) is 19.2 Å². The first-order chi connectivity index (χ1) is 8.00. The summed E-state index contributed by atoms with van der Waals surface area (Å²) in [5, 5.41) is 3.15. The molecule has 0 aromatic rings. The van der Waals surface area contributed by atoms with E-state index in [0.29, 0.717) is 11.8 Å². The highest BCUT2D eigenvalue weighted by molar-refractivity contribution is 6.17. The first-order valence-corrected chi connectivity index (χ1v) is 7.40. The molecule has 100 valence electrons. The summed E-state index contributed by atoms with van der Waals surface area (Å²) in [4.78, 5) is 12.4. The van der Waals surface area contributed by atoms with Gasteiger partial charge in [0, 0.05) is 17.3 Å². The number of hydrogen-bond donors (Lipinski definition) is 1. The number of carbonyl (C=O) groups excluding carboxylic acids is 1. The lowest BCUT2D eigenvalue weighted by Gasteiger charge is -2.31. The van der Waals surface area contributed by atoms with Crippen LogP contribution in [-0.4, -0.2) is 17.8 Å². The quantitative estimate of drug-likeness (QED) is 0.724. The standard InChI is InChI=1S/C14H26ClNO/c1-11(2)10-14(7-4-5-8-14)13(17)16-12(3)6-9-15/h11-12H,4-10H2,1-3H3,(H,16,17). The van der Waals surface area contributed by atoms with Gasteiger partial charge in [0.05, 0.1) is 0 Å². The summed E-state index contributed by atoms with van der Waals surface area (Å²) in [6, 6.07) is 0.199. The second kappa shape index (κ2) is 6.63. The van der Waals surface area contributed by atoms with E-state index in [1.165, 1.54) is 12.8 Å². The van der Waals surface area contributed by atoms with Gasteiger partial charge in [-0.05, 0) is 38.5 Å². The lowest BCUT2D eigenvalue weighted by molar-refractivity contribution is -0.132. The summed E-state index contributed by atoms with van der Waals surface area (Å²) in [6.07, 6.45) is 6.39. The van der Waals surface area contributed by atoms with E-state index in [4.69, 9.17) is 11.6 Å². The summed E-state index contributed by atoms with van der Waals surface area (Å²) in [5.41, 5.74) is -0.0886. The van der Waals surface area contributed by atoms with E-state index < -0.39 is 0 Å². The Labute approximate surface area is 110 Å². The zero-order valence-corrected chi connectivity index (χ0v) is 12.1. The van der Waals surface area contributed by atoms with Crippen LogP contribution < -0.4 is 5.32 Å². The van der Waals surface area contributed by atoms with E-state index >= 15 is 0 Å². The first kappa shape index (κ1) is 14.8. The highest BCUT2D eigenvalue weighted by atomic mass is 35.5. The van der Waals surface area contributed by atoms with Crippen LogP contribution in [0.2, 0.25) is 0 Å². The molecule has 0 aromatic heterocycles. The van der Waals surface area contributed by atoms with Crippen LogP contribution in [0.4, 0.5) is 0 Å². The van der Waals surface area contributed by atoms with Crippen LogP contribution in [0, 0.1) is 11.3 Å². The van der Waals surface area contributed by atoms with Crippen molar-refractivity contribution in [3.63, 3.8) is 0 Å². The van der Waals surface area contributed by atoms with E-state index in [-0.39, 0.29) is 17.4 Å². The normalized spacial score (nSPS) is 20.5. The van der Waals surface area contributed by atoms with E-state index in [1.54, 1.807) is 0 Å². The summed E-state index contributed by atoms with van der Waals surface area (Å²) >= 11 is 5.71. The average molecular weight is 260 g/mol. The van der Waals surface area contributed by atoms with Gasteiger partial charge in [0.1, 0.15) is 0 Å². The molecule has 1 aliphatic rings. The number of nitrogens with one attached hydrogen (secondary N) is 1. The largest absolute Gasteiger partial charge is 0.353 e. The van der Waals surface area contributed by atoms with Crippen LogP contribution in [0.5, 0.6) is 0 Å². The van der Waals surface area contributed by atoms with Crippen molar-refractivity contribution in [2.75, 3.05) is 5.88 Å². The zero-order valence-electron chi connectivity index (χ0n) is 11.4. The van der Waals surface area contributed by atoms with Gasteiger partial charge >= 0.3 is 0 Å². The third kappa shape index (κ3) is 4.17. The lowest BCUT2D eigenvalue weighted by atomic mass is 9.77. The molecule has 1 N–H and O–H groups in total. The molecule has 1 saturated carbocycles. The predicted molar refractivity (Wildman–Crippen MR) is 73.3 cm³/mol. The van der Waals surface area contributed by atoms with Gasteiger partial charge in [0.2, 0.25) is 5.91 Å². The number of alkyl halides is 1. The van der Waals surface area contributed by atoms with Gasteiger partial charge in [-0.1, -0.05) is 26.7 Å². The summed E-state index contributed by atoms with van der Waals surface area (Å²) in [5.74, 6) is 1.46. The molecule has 0 bridgehead atoms. The Kier molecular flexibility index (Phi) is 5.78. The molecule has 0 aromatic carbocycles. The Bertz CT molecular complexity index is 247. The Balaban J connectivity index is 2.60. The van der Waals surface area contributed by atoms with Crippen molar-refractivity contribution in [2.45, 2.75) is 65.3 Å². The van der Waals surface area contributed by atoms with Crippen LogP contribution >= 0.6 is 11.6 Å². The molecule has 0 spiro atoms. The van der Waals surface area contributed by atoms with Crippen LogP contribution in [0.25, 0.3) is 0 Å². The fourth-order valence-electron chi connectivity index (χ4n) is 2.97. The molecule has 0 aliphatic heterocycles. The number of rotatable bonds is 6. The van der Waals surface area contributed by atoms with Gasteiger partial charge in [0.15, 0.2) is 0 Å². The molecule has 0 heterocycles. The SMILES string of the molecule is CC(C)CC1(C(=O)NC(C)CCCl)CCCC1. The first-order valence-electron chi connectivity index (χ1n) is 6.87. The molecule has 3 heteroatoms. The smallest absolute Gasteiger partial charge is 0.226 e. The Hall–Kier alpha value is -0.240. The molecule has 1 atom stereocenters. The zero-order chi connectivity index (χ0) is 12.9. The van der Waals surface area contributed by atoms with Gasteiger partial charge in [0.25, 0.3) is 0 Å². The van der Waals surface area contributed by atoms with Crippen LogP contribution in [0.1, 0.15) is 59.3 Å². The third-order valence-corrected chi connectivity index (χ3v) is 3.98. The van der Waals surface area contributed by atoms with Crippen molar-refractivity contribution in [2.24, 2.45) is 11.3 Å². The minimum Gasteiger partial charge on any atom is -0.353 e. The molecule has 1 amide bonds. The fourth-order valence-corrected chi connectivity index (χ4v) is 3.30. The van der Waals surface area contributed by atoms with Crippen molar-refractivity contribution < 1.29 is 4.79 Å². The molecule has 0 radical (unpaired) electrons. The van der Waals surface area contributed by atoms with Gasteiger partial charge in [-0.15, -0.1) is 11.6 Å². The number of halogens is 1. The second-order valence-corrected chi connectivity index (χ2v) is 6.32. The fraction of sp³-hybridized carbons (Fsp3) is 0.929. The topological polar surface area (TPSA) is 29.1 Å². The summed E-state index contributed by atoms with van der Waals surface area (Å²) < 4.78 is 0. The number of carbonyl (C=O) groups is 1. The third-order valence-electron chi connectivity index (χ3n) is 3.76. The van der Waals surface area contributed by atoms with Crippen LogP contribution in [0.15, 0.2) is 0 Å². The van der Waals surface area contributed by atoms with E-state index in [1.807, 2.05) is 6.92 Å². The predicted octanol–water partition coefficient (Wildman–Crippen LogP) is 3.73. The maximum atomic E-state index is 12.4. The minimum absolute atomic E-state index is 0.0886. The highest BCUT2D eigenvalue weighted by Gasteiger charge is 2.41. The average Bonchev–Trinajstić information content (AvgIpc) is 2.66. The Morgan fingerprint density at radius 1 is 1.29 bits per heavy atom. The Morgan fingerprint density at radius 3 is 2.35 bits per heavy atom. The summed E-state index contributed by atoms with van der Waals surface area (Å²) in [7, 11) is 0. The van der Waals surface area contributed by atoms with Gasteiger partial charge in [-0.2, -0.15) is 0 Å². The molecular weight excluding hydrogens is 234 g/mol. The van der Waals surface area contributed by atoms with Crippen molar-refractivity contribution in [3.8, 4) is 0 Å². The maximum absolute atomic E-state index is 12.4. The molecular formula is C14H26ClNO. The molecule has 1 aliphatic carbocycles. The molecule has 0 saturated heterocycles. The molecule has 2 nitrogen and oxygen atoms in total. The Morgan fingerprint density at radius 2 is 1.88 bits per heavy atom. The lowest BCUT2D eigenvalue weighted by Crippen LogP contribution is -2.44. The maximum Gasteiger partial charge on any atom is 0.226 e. The number of hydrogen-bond acceptors (Lipinski definition) is 1. The van der Waals surface area contributed by atoms with E-state index in [0.717, 1.165) is 25.7 Å². The van der Waals surface area contributed by atoms with Crippen molar-refractivity contribution in [1.82, 2.24) is 5.32 Å². The van der Waals surface area contributed by atoms with Gasteiger partial charge in [-0.3, -0.25) is 4.79 Å². The van der Waals surface area contributed by atoms with Crippen molar-refractivity contribution >= 4 is 17.5 Å². The monoisotopic (exact) mass is 259 g/mol. The van der Waals surface area contributed by atoms with E-state index in [9.17, 15) is 4.79 Å². The van der Waals surface area contributed by atoms with Gasteiger partial charge < -0.3 is 5.32 Å². The second-order valence-electron chi connectivity index (χ2n) is 5.94. The molecule has 1 rings (SSSR count). The highest BCUT2D eigenvalue weighted by Crippen LogP contribution is 2.43. The molecule has 1 fully saturated rings. The van der Waals surface area contributed by atoms with Gasteiger partial charge in [-0.25, -0.2) is 0 Å². The minimum atomic E-state index is -0.0886. The van der Waals surface area contributed by atoms with Crippen molar-refractivity contribution in [1.29, 1.82) is 0 Å². The number of amides is 1. The molecule has 1 unspecified atom stereocenters. The van der Waals surface area contributed by atoms with Crippen LogP contribution in [-0.2, 0) is 4.79 Å². The van der Waals surface area contributed by atoms with Crippen LogP contribution in [0.3, 0.4) is 0 Å².